The molecule has 0 bridgehead atoms. The van der Waals surface area contributed by atoms with Crippen molar-refractivity contribution in [3.63, 3.8) is 0 Å². The Balaban J connectivity index is 2.53. The predicted octanol–water partition coefficient (Wildman–Crippen LogP) is 3.51. The summed E-state index contributed by atoms with van der Waals surface area (Å²) >= 11 is 3.17. The molecule has 0 saturated carbocycles. The third-order valence-electron chi connectivity index (χ3n) is 2.24. The van der Waals surface area contributed by atoms with Crippen molar-refractivity contribution in [2.24, 2.45) is 0 Å². The van der Waals surface area contributed by atoms with Gasteiger partial charge in [-0.1, -0.05) is 19.8 Å². The first-order valence-electron chi connectivity index (χ1n) is 5.38. The van der Waals surface area contributed by atoms with Crippen LogP contribution in [0.1, 0.15) is 36.5 Å². The number of hydrogen-bond donors (Lipinski definition) is 1. The van der Waals surface area contributed by atoms with E-state index in [4.69, 9.17) is 0 Å². The molecule has 2 nitrogen and oxygen atoms in total. The molecule has 0 aliphatic carbocycles. The molecule has 0 spiro atoms. The van der Waals surface area contributed by atoms with Crippen LogP contribution >= 0.6 is 15.9 Å². The lowest BCUT2D eigenvalue weighted by Crippen LogP contribution is -2.24. The summed E-state index contributed by atoms with van der Waals surface area (Å²) in [5, 5.41) is 2.80. The Morgan fingerprint density at radius 1 is 1.44 bits per heavy atom. The number of unbranched alkanes of at least 4 members (excludes halogenated alkanes) is 2. The van der Waals surface area contributed by atoms with Gasteiger partial charge in [0.1, 0.15) is 5.82 Å². The molecule has 0 saturated heterocycles. The third kappa shape index (κ3) is 3.93. The van der Waals surface area contributed by atoms with E-state index in [1.54, 1.807) is 0 Å². The van der Waals surface area contributed by atoms with E-state index in [0.717, 1.165) is 19.3 Å². The van der Waals surface area contributed by atoms with E-state index in [9.17, 15) is 9.18 Å². The van der Waals surface area contributed by atoms with Gasteiger partial charge in [0.05, 0.1) is 5.56 Å². The highest BCUT2D eigenvalue weighted by Gasteiger charge is 2.09. The minimum absolute atomic E-state index is 0.164. The summed E-state index contributed by atoms with van der Waals surface area (Å²) < 4.78 is 13.3. The van der Waals surface area contributed by atoms with Gasteiger partial charge in [0.25, 0.3) is 5.91 Å². The number of rotatable bonds is 5. The molecule has 88 valence electrons. The average Bonchev–Trinajstić information content (AvgIpc) is 2.24. The summed E-state index contributed by atoms with van der Waals surface area (Å²) in [6.45, 7) is 2.77. The molecule has 1 aromatic rings. The standard InChI is InChI=1S/C12H15BrFNO/c1-2-3-4-7-15-12(16)10-6-5-9(14)8-11(10)13/h5-6,8H,2-4,7H2,1H3,(H,15,16). The first-order chi connectivity index (χ1) is 7.65. The van der Waals surface area contributed by atoms with Gasteiger partial charge in [0.2, 0.25) is 0 Å². The van der Waals surface area contributed by atoms with Crippen LogP contribution in [0.15, 0.2) is 22.7 Å². The van der Waals surface area contributed by atoms with Gasteiger partial charge in [-0.25, -0.2) is 4.39 Å². The second kappa shape index (κ2) is 6.63. The normalized spacial score (nSPS) is 10.2. The SMILES string of the molecule is CCCCCNC(=O)c1ccc(F)cc1Br. The Labute approximate surface area is 103 Å². The second-order valence-electron chi connectivity index (χ2n) is 3.59. The number of nitrogens with one attached hydrogen (secondary N) is 1. The third-order valence-corrected chi connectivity index (χ3v) is 2.90. The van der Waals surface area contributed by atoms with Crippen molar-refractivity contribution in [2.75, 3.05) is 6.54 Å². The lowest BCUT2D eigenvalue weighted by molar-refractivity contribution is 0.0952. The minimum Gasteiger partial charge on any atom is -0.352 e. The summed E-state index contributed by atoms with van der Waals surface area (Å²) in [4.78, 5) is 11.7. The van der Waals surface area contributed by atoms with E-state index < -0.39 is 0 Å². The van der Waals surface area contributed by atoms with Crippen molar-refractivity contribution < 1.29 is 9.18 Å². The van der Waals surface area contributed by atoms with Gasteiger partial charge >= 0.3 is 0 Å². The van der Waals surface area contributed by atoms with E-state index in [1.807, 2.05) is 0 Å². The van der Waals surface area contributed by atoms with Crippen molar-refractivity contribution in [1.29, 1.82) is 0 Å². The maximum Gasteiger partial charge on any atom is 0.252 e. The van der Waals surface area contributed by atoms with Crippen LogP contribution in [0.4, 0.5) is 4.39 Å². The van der Waals surface area contributed by atoms with Crippen LogP contribution in [-0.4, -0.2) is 12.5 Å². The molecule has 1 amide bonds. The molecule has 0 radical (unpaired) electrons. The van der Waals surface area contributed by atoms with Crippen LogP contribution in [0.2, 0.25) is 0 Å². The smallest absolute Gasteiger partial charge is 0.252 e. The first kappa shape index (κ1) is 13.2. The van der Waals surface area contributed by atoms with Crippen LogP contribution in [0, 0.1) is 5.82 Å². The lowest BCUT2D eigenvalue weighted by atomic mass is 10.2. The van der Waals surface area contributed by atoms with Crippen LogP contribution in [0.25, 0.3) is 0 Å². The lowest BCUT2D eigenvalue weighted by Gasteiger charge is -2.06. The molecule has 0 heterocycles. The van der Waals surface area contributed by atoms with E-state index in [-0.39, 0.29) is 11.7 Å². The Hall–Kier alpha value is -0.900. The van der Waals surface area contributed by atoms with Crippen LogP contribution in [-0.2, 0) is 0 Å². The quantitative estimate of drug-likeness (QED) is 0.825. The monoisotopic (exact) mass is 287 g/mol. The predicted molar refractivity (Wildman–Crippen MR) is 66.0 cm³/mol. The van der Waals surface area contributed by atoms with Crippen molar-refractivity contribution in [1.82, 2.24) is 5.32 Å². The van der Waals surface area contributed by atoms with Crippen LogP contribution in [0.5, 0.6) is 0 Å². The Morgan fingerprint density at radius 3 is 2.81 bits per heavy atom. The van der Waals surface area contributed by atoms with Crippen molar-refractivity contribution in [2.45, 2.75) is 26.2 Å². The Morgan fingerprint density at radius 2 is 2.19 bits per heavy atom. The van der Waals surface area contributed by atoms with Gasteiger partial charge in [0.15, 0.2) is 0 Å². The fourth-order valence-corrected chi connectivity index (χ4v) is 1.88. The van der Waals surface area contributed by atoms with E-state index in [2.05, 4.69) is 28.2 Å². The van der Waals surface area contributed by atoms with Gasteiger partial charge in [-0.05, 0) is 40.5 Å². The molecular weight excluding hydrogens is 273 g/mol. The van der Waals surface area contributed by atoms with Crippen LogP contribution < -0.4 is 5.32 Å². The maximum atomic E-state index is 12.8. The van der Waals surface area contributed by atoms with Gasteiger partial charge in [-0.2, -0.15) is 0 Å². The highest BCUT2D eigenvalue weighted by atomic mass is 79.9. The summed E-state index contributed by atoms with van der Waals surface area (Å²) in [5.74, 6) is -0.516. The maximum absolute atomic E-state index is 12.8. The molecule has 0 aliphatic heterocycles. The largest absolute Gasteiger partial charge is 0.352 e. The Kier molecular flexibility index (Phi) is 5.46. The van der Waals surface area contributed by atoms with E-state index in [0.29, 0.717) is 16.6 Å². The van der Waals surface area contributed by atoms with Crippen molar-refractivity contribution in [3.8, 4) is 0 Å². The molecule has 0 aliphatic rings. The summed E-state index contributed by atoms with van der Waals surface area (Å²) in [6, 6.07) is 4.06. The van der Waals surface area contributed by atoms with E-state index >= 15 is 0 Å². The number of amides is 1. The van der Waals surface area contributed by atoms with Crippen molar-refractivity contribution in [3.05, 3.63) is 34.1 Å². The molecule has 1 aromatic carbocycles. The summed E-state index contributed by atoms with van der Waals surface area (Å²) in [7, 11) is 0. The van der Waals surface area contributed by atoms with E-state index in [1.165, 1.54) is 18.2 Å². The van der Waals surface area contributed by atoms with Gasteiger partial charge in [-0.3, -0.25) is 4.79 Å². The zero-order valence-corrected chi connectivity index (χ0v) is 10.8. The molecule has 0 unspecified atom stereocenters. The highest BCUT2D eigenvalue weighted by molar-refractivity contribution is 9.10. The molecule has 1 rings (SSSR count). The number of carbonyl (C=O) groups excluding carboxylic acids is 1. The molecule has 0 aromatic heterocycles. The van der Waals surface area contributed by atoms with Crippen molar-refractivity contribution >= 4 is 21.8 Å². The minimum atomic E-state index is -0.352. The molecule has 0 fully saturated rings. The number of hydrogen-bond acceptors (Lipinski definition) is 1. The zero-order valence-electron chi connectivity index (χ0n) is 9.22. The Bertz CT molecular complexity index is 368. The zero-order chi connectivity index (χ0) is 12.0. The van der Waals surface area contributed by atoms with Gasteiger partial charge in [-0.15, -0.1) is 0 Å². The first-order valence-corrected chi connectivity index (χ1v) is 6.17. The number of halogens is 2. The van der Waals surface area contributed by atoms with Gasteiger partial charge < -0.3 is 5.32 Å². The second-order valence-corrected chi connectivity index (χ2v) is 4.44. The summed E-state index contributed by atoms with van der Waals surface area (Å²) in [6.07, 6.45) is 3.20. The number of benzene rings is 1. The molecule has 16 heavy (non-hydrogen) atoms. The topological polar surface area (TPSA) is 29.1 Å². The fraction of sp³-hybridized carbons (Fsp3) is 0.417. The summed E-state index contributed by atoms with van der Waals surface area (Å²) in [5.41, 5.74) is 0.470. The molecule has 4 heteroatoms. The fourth-order valence-electron chi connectivity index (χ4n) is 1.35. The molecular formula is C12H15BrFNO. The van der Waals surface area contributed by atoms with Crippen LogP contribution in [0.3, 0.4) is 0 Å². The highest BCUT2D eigenvalue weighted by Crippen LogP contribution is 2.17. The average molecular weight is 288 g/mol. The van der Waals surface area contributed by atoms with Gasteiger partial charge in [0, 0.05) is 11.0 Å². The molecule has 1 N–H and O–H groups in total. The number of carbonyl (C=O) groups is 1. The molecule has 0 atom stereocenters.